The largest absolute Gasteiger partial charge is 0.378 e. The number of nitrogens with zero attached hydrogens (tertiary/aromatic N) is 2. The van der Waals surface area contributed by atoms with Crippen molar-refractivity contribution in [1.82, 2.24) is 10.3 Å². The van der Waals surface area contributed by atoms with E-state index in [9.17, 15) is 13.2 Å². The second kappa shape index (κ2) is 6.21. The SMILES string of the molecule is O=C(NC1CCS(=O)(=O)C1)c1cccnc1N1CCOCC1. The monoisotopic (exact) mass is 325 g/mol. The highest BCUT2D eigenvalue weighted by Gasteiger charge is 2.30. The van der Waals surface area contributed by atoms with E-state index in [4.69, 9.17) is 4.74 Å². The molecule has 0 radical (unpaired) electrons. The van der Waals surface area contributed by atoms with E-state index in [2.05, 4.69) is 10.3 Å². The van der Waals surface area contributed by atoms with Gasteiger partial charge in [0.25, 0.3) is 5.91 Å². The first-order valence-electron chi connectivity index (χ1n) is 7.34. The maximum absolute atomic E-state index is 12.5. The molecule has 0 spiro atoms. The normalized spacial score (nSPS) is 24.2. The average molecular weight is 325 g/mol. The highest BCUT2D eigenvalue weighted by atomic mass is 32.2. The lowest BCUT2D eigenvalue weighted by atomic mass is 10.2. The van der Waals surface area contributed by atoms with Gasteiger partial charge in [-0.15, -0.1) is 0 Å². The molecule has 1 aromatic rings. The average Bonchev–Trinajstić information content (AvgIpc) is 2.87. The molecule has 7 nitrogen and oxygen atoms in total. The van der Waals surface area contributed by atoms with Gasteiger partial charge >= 0.3 is 0 Å². The second-order valence-corrected chi connectivity index (χ2v) is 7.78. The number of sulfone groups is 1. The van der Waals surface area contributed by atoms with Crippen LogP contribution in [0.15, 0.2) is 18.3 Å². The Hall–Kier alpha value is -1.67. The van der Waals surface area contributed by atoms with Gasteiger partial charge in [0.2, 0.25) is 0 Å². The van der Waals surface area contributed by atoms with Crippen molar-refractivity contribution in [3.63, 3.8) is 0 Å². The number of hydrogen-bond donors (Lipinski definition) is 1. The summed E-state index contributed by atoms with van der Waals surface area (Å²) in [6, 6.07) is 3.12. The molecule has 120 valence electrons. The van der Waals surface area contributed by atoms with Crippen LogP contribution in [0.25, 0.3) is 0 Å². The Morgan fingerprint density at radius 1 is 1.36 bits per heavy atom. The van der Waals surface area contributed by atoms with Gasteiger partial charge in [-0.25, -0.2) is 13.4 Å². The molecule has 1 aromatic heterocycles. The first kappa shape index (κ1) is 15.2. The van der Waals surface area contributed by atoms with Gasteiger partial charge in [0.1, 0.15) is 5.82 Å². The van der Waals surface area contributed by atoms with Crippen LogP contribution in [0, 0.1) is 0 Å². The molecule has 1 amide bonds. The second-order valence-electron chi connectivity index (χ2n) is 5.55. The van der Waals surface area contributed by atoms with Gasteiger partial charge in [-0.1, -0.05) is 0 Å². The Kier molecular flexibility index (Phi) is 4.30. The van der Waals surface area contributed by atoms with Crippen LogP contribution in [0.2, 0.25) is 0 Å². The summed E-state index contributed by atoms with van der Waals surface area (Å²) in [5.74, 6) is 0.522. The third-order valence-corrected chi connectivity index (χ3v) is 5.68. The number of carbonyl (C=O) groups is 1. The third-order valence-electron chi connectivity index (χ3n) is 3.91. The van der Waals surface area contributed by atoms with E-state index in [1.807, 2.05) is 4.90 Å². The minimum Gasteiger partial charge on any atom is -0.378 e. The van der Waals surface area contributed by atoms with Gasteiger partial charge in [0, 0.05) is 25.3 Å². The van der Waals surface area contributed by atoms with Crippen LogP contribution in [-0.2, 0) is 14.6 Å². The Balaban J connectivity index is 1.75. The van der Waals surface area contributed by atoms with Crippen LogP contribution in [0.5, 0.6) is 0 Å². The number of anilines is 1. The van der Waals surface area contributed by atoms with Crippen LogP contribution in [0.4, 0.5) is 5.82 Å². The summed E-state index contributed by atoms with van der Waals surface area (Å²) in [5.41, 5.74) is 0.480. The van der Waals surface area contributed by atoms with E-state index >= 15 is 0 Å². The van der Waals surface area contributed by atoms with Gasteiger partial charge in [-0.2, -0.15) is 0 Å². The maximum atomic E-state index is 12.5. The zero-order valence-electron chi connectivity index (χ0n) is 12.2. The molecule has 2 aliphatic rings. The van der Waals surface area contributed by atoms with Gasteiger partial charge in [0.05, 0.1) is 30.3 Å². The molecule has 0 aromatic carbocycles. The fourth-order valence-corrected chi connectivity index (χ4v) is 4.45. The van der Waals surface area contributed by atoms with Crippen LogP contribution < -0.4 is 10.2 Å². The van der Waals surface area contributed by atoms with Crippen LogP contribution in [-0.4, -0.2) is 63.2 Å². The van der Waals surface area contributed by atoms with Gasteiger partial charge in [0.15, 0.2) is 9.84 Å². The predicted molar refractivity (Wildman–Crippen MR) is 81.8 cm³/mol. The standard InChI is InChI=1S/C14H19N3O4S/c18-14(16-11-3-9-22(19,20)10-11)12-2-1-4-15-13(12)17-5-7-21-8-6-17/h1-2,4,11H,3,5-10H2,(H,16,18). The topological polar surface area (TPSA) is 88.6 Å². The molecule has 0 aliphatic carbocycles. The lowest BCUT2D eigenvalue weighted by molar-refractivity contribution is 0.0939. The Morgan fingerprint density at radius 3 is 2.82 bits per heavy atom. The summed E-state index contributed by atoms with van der Waals surface area (Å²) < 4.78 is 28.3. The van der Waals surface area contributed by atoms with Crippen LogP contribution in [0.1, 0.15) is 16.8 Å². The van der Waals surface area contributed by atoms with Crippen molar-refractivity contribution in [2.45, 2.75) is 12.5 Å². The molecule has 1 atom stereocenters. The van der Waals surface area contributed by atoms with Crippen molar-refractivity contribution in [2.75, 3.05) is 42.7 Å². The highest BCUT2D eigenvalue weighted by Crippen LogP contribution is 2.19. The van der Waals surface area contributed by atoms with Crippen molar-refractivity contribution in [1.29, 1.82) is 0 Å². The van der Waals surface area contributed by atoms with Crippen LogP contribution >= 0.6 is 0 Å². The van der Waals surface area contributed by atoms with E-state index in [1.165, 1.54) is 0 Å². The molecule has 1 unspecified atom stereocenters. The zero-order valence-corrected chi connectivity index (χ0v) is 13.0. The van der Waals surface area contributed by atoms with Crippen molar-refractivity contribution in [3.05, 3.63) is 23.9 Å². The lowest BCUT2D eigenvalue weighted by Crippen LogP contribution is -2.40. The van der Waals surface area contributed by atoms with Gasteiger partial charge in [-0.3, -0.25) is 4.79 Å². The number of ether oxygens (including phenoxy) is 1. The first-order valence-corrected chi connectivity index (χ1v) is 9.16. The lowest BCUT2D eigenvalue weighted by Gasteiger charge is -2.29. The van der Waals surface area contributed by atoms with E-state index < -0.39 is 9.84 Å². The molecule has 0 saturated carbocycles. The molecule has 0 bridgehead atoms. The number of carbonyl (C=O) groups excluding carboxylic acids is 1. The minimum atomic E-state index is -3.01. The molecule has 2 aliphatic heterocycles. The number of pyridine rings is 1. The number of nitrogens with one attached hydrogen (secondary N) is 1. The summed E-state index contributed by atoms with van der Waals surface area (Å²) in [6.07, 6.45) is 2.13. The summed E-state index contributed by atoms with van der Waals surface area (Å²) >= 11 is 0. The Labute approximate surface area is 129 Å². The summed E-state index contributed by atoms with van der Waals surface area (Å²) in [7, 11) is -3.01. The molecule has 3 heterocycles. The predicted octanol–water partition coefficient (Wildman–Crippen LogP) is -0.165. The summed E-state index contributed by atoms with van der Waals surface area (Å²) in [4.78, 5) is 18.8. The zero-order chi connectivity index (χ0) is 15.6. The molecule has 22 heavy (non-hydrogen) atoms. The third kappa shape index (κ3) is 3.38. The number of morpholine rings is 1. The molecular weight excluding hydrogens is 306 g/mol. The number of aromatic nitrogens is 1. The Bertz CT molecular complexity index is 656. The quantitative estimate of drug-likeness (QED) is 0.830. The smallest absolute Gasteiger partial charge is 0.255 e. The van der Waals surface area contributed by atoms with E-state index in [0.717, 1.165) is 0 Å². The van der Waals surface area contributed by atoms with Crippen LogP contribution in [0.3, 0.4) is 0 Å². The first-order chi connectivity index (χ1) is 10.6. The van der Waals surface area contributed by atoms with Gasteiger partial charge < -0.3 is 15.0 Å². The van der Waals surface area contributed by atoms with E-state index in [1.54, 1.807) is 18.3 Å². The van der Waals surface area contributed by atoms with E-state index in [-0.39, 0.29) is 23.5 Å². The van der Waals surface area contributed by atoms with Crippen molar-refractivity contribution in [2.24, 2.45) is 0 Å². The molecule has 2 saturated heterocycles. The molecular formula is C14H19N3O4S. The molecule has 3 rings (SSSR count). The Morgan fingerprint density at radius 2 is 2.14 bits per heavy atom. The van der Waals surface area contributed by atoms with Gasteiger partial charge in [-0.05, 0) is 18.6 Å². The molecule has 1 N–H and O–H groups in total. The minimum absolute atomic E-state index is 0.0197. The number of hydrogen-bond acceptors (Lipinski definition) is 6. The summed E-state index contributed by atoms with van der Waals surface area (Å²) in [6.45, 7) is 2.60. The highest BCUT2D eigenvalue weighted by molar-refractivity contribution is 7.91. The number of rotatable bonds is 3. The molecule has 8 heteroatoms. The van der Waals surface area contributed by atoms with Crippen molar-refractivity contribution in [3.8, 4) is 0 Å². The fourth-order valence-electron chi connectivity index (χ4n) is 2.77. The molecule has 2 fully saturated rings. The summed E-state index contributed by atoms with van der Waals surface area (Å²) in [5, 5.41) is 2.81. The number of amides is 1. The van der Waals surface area contributed by atoms with Crippen molar-refractivity contribution < 1.29 is 17.9 Å². The fraction of sp³-hybridized carbons (Fsp3) is 0.571. The van der Waals surface area contributed by atoms with E-state index in [0.29, 0.717) is 44.1 Å². The van der Waals surface area contributed by atoms with Crippen molar-refractivity contribution >= 4 is 21.6 Å². The maximum Gasteiger partial charge on any atom is 0.255 e.